The van der Waals surface area contributed by atoms with Crippen molar-refractivity contribution in [3.8, 4) is 0 Å². The van der Waals surface area contributed by atoms with Crippen LogP contribution in [0.15, 0.2) is 0 Å². The zero-order valence-electron chi connectivity index (χ0n) is 9.29. The van der Waals surface area contributed by atoms with Crippen LogP contribution in [0, 0.1) is 0 Å². The molecule has 0 saturated heterocycles. The van der Waals surface area contributed by atoms with Crippen molar-refractivity contribution in [3.63, 3.8) is 0 Å². The Kier molecular flexibility index (Phi) is 6.88. The third-order valence-electron chi connectivity index (χ3n) is 1.86. The first-order chi connectivity index (χ1) is 8.25. The van der Waals surface area contributed by atoms with Gasteiger partial charge >= 0.3 is 80.6 Å². The predicted octanol–water partition coefficient (Wildman–Crippen LogP) is -0.403. The molecule has 0 aliphatic rings. The second kappa shape index (κ2) is 6.01. The topological polar surface area (TPSA) is 57.2 Å². The first-order valence-corrected chi connectivity index (χ1v) is 5.19. The van der Waals surface area contributed by atoms with Gasteiger partial charge < -0.3 is 4.55 Å². The smallest absolute Gasteiger partial charge is 0.745 e. The maximum Gasteiger partial charge on any atom is 1.00 e. The number of hydrogen-bond donors (Lipinski definition) is 0. The quantitative estimate of drug-likeness (QED) is 0.376. The molecule has 0 aliphatic heterocycles. The summed E-state index contributed by atoms with van der Waals surface area (Å²) in [4.78, 5) is 0. The summed E-state index contributed by atoms with van der Waals surface area (Å²) >= 11 is 0. The molecule has 0 amide bonds. The van der Waals surface area contributed by atoms with E-state index < -0.39 is 39.3 Å². The number of alkyl halides is 11. The van der Waals surface area contributed by atoms with E-state index in [-0.39, 0.29) is 51.4 Å². The summed E-state index contributed by atoms with van der Waals surface area (Å²) in [6, 6.07) is 0. The van der Waals surface area contributed by atoms with Gasteiger partial charge in [0, 0.05) is 0 Å². The molecule has 16 heteroatoms. The van der Waals surface area contributed by atoms with Gasteiger partial charge in [0.2, 0.25) is 0 Å². The number of hydrogen-bond acceptors (Lipinski definition) is 3. The minimum atomic E-state index is -7.99. The Morgan fingerprint density at radius 2 is 0.905 bits per heavy atom. The molecule has 122 valence electrons. The van der Waals surface area contributed by atoms with Crippen molar-refractivity contribution in [3.05, 3.63) is 0 Å². The van der Waals surface area contributed by atoms with Crippen LogP contribution in [0.3, 0.4) is 0 Å². The van der Waals surface area contributed by atoms with Gasteiger partial charge in [-0.15, -0.1) is 0 Å². The van der Waals surface area contributed by atoms with E-state index in [9.17, 15) is 61.3 Å². The fourth-order valence-electron chi connectivity index (χ4n) is 0.857. The van der Waals surface area contributed by atoms with E-state index in [1.54, 1.807) is 0 Å². The molecule has 0 rings (SSSR count). The zero-order chi connectivity index (χ0) is 17.0. The van der Waals surface area contributed by atoms with E-state index in [2.05, 4.69) is 0 Å². The van der Waals surface area contributed by atoms with Crippen LogP contribution in [0.5, 0.6) is 0 Å². The van der Waals surface area contributed by atoms with Crippen molar-refractivity contribution < 1.29 is 113 Å². The average Bonchev–Trinajstić information content (AvgIpc) is 2.10. The van der Waals surface area contributed by atoms with Gasteiger partial charge in [0.25, 0.3) is 0 Å². The van der Waals surface area contributed by atoms with Gasteiger partial charge in [-0.25, -0.2) is 12.8 Å². The second-order valence-corrected chi connectivity index (χ2v) is 4.66. The van der Waals surface area contributed by atoms with Crippen LogP contribution >= 0.6 is 0 Å². The summed E-state index contributed by atoms with van der Waals surface area (Å²) in [7, 11) is -7.99. The summed E-state index contributed by atoms with van der Waals surface area (Å²) < 4.78 is 163. The van der Waals surface area contributed by atoms with Crippen LogP contribution in [0.2, 0.25) is 0 Å². The summed E-state index contributed by atoms with van der Waals surface area (Å²) in [6.45, 7) is 0. The molecular weight excluding hydrogens is 388 g/mol. The normalized spacial score (nSPS) is 17.9. The van der Waals surface area contributed by atoms with Gasteiger partial charge in [-0.05, 0) is 0 Å². The molecule has 21 heavy (non-hydrogen) atoms. The Labute approximate surface area is 151 Å². The van der Waals surface area contributed by atoms with E-state index in [1.165, 1.54) is 0 Å². The van der Waals surface area contributed by atoms with E-state index in [1.807, 2.05) is 0 Å². The van der Waals surface area contributed by atoms with Crippen molar-refractivity contribution in [2.24, 2.45) is 0 Å². The van der Waals surface area contributed by atoms with Crippen LogP contribution in [0.4, 0.5) is 48.3 Å². The summed E-state index contributed by atoms with van der Waals surface area (Å²) in [6.07, 6.45) is -15.0. The molecule has 0 aromatic rings. The van der Waals surface area contributed by atoms with Crippen molar-refractivity contribution in [1.82, 2.24) is 0 Å². The number of rotatable bonds is 3. The van der Waals surface area contributed by atoms with Crippen LogP contribution in [0.1, 0.15) is 0 Å². The van der Waals surface area contributed by atoms with E-state index in [4.69, 9.17) is 0 Å². The van der Waals surface area contributed by atoms with Gasteiger partial charge in [-0.2, -0.15) is 43.9 Å². The first kappa shape index (κ1) is 24.0. The predicted molar refractivity (Wildman–Crippen MR) is 35.5 cm³/mol. The average molecular weight is 388 g/mol. The van der Waals surface area contributed by atoms with Gasteiger partial charge in [0.15, 0.2) is 0 Å². The zero-order valence-corrected chi connectivity index (χ0v) is 13.2. The van der Waals surface area contributed by atoms with Crippen LogP contribution in [-0.4, -0.2) is 42.2 Å². The third kappa shape index (κ3) is 3.50. The summed E-state index contributed by atoms with van der Waals surface area (Å²) in [5.74, 6) is -15.7. The number of halogens is 11. The van der Waals surface area contributed by atoms with Crippen molar-refractivity contribution in [2.75, 3.05) is 0 Å². The molecule has 0 aromatic heterocycles. The van der Waals surface area contributed by atoms with Gasteiger partial charge in [-0.1, -0.05) is 0 Å². The fraction of sp³-hybridized carbons (Fsp3) is 1.00. The third-order valence-corrected chi connectivity index (χ3v) is 3.04. The standard InChI is InChI=1S/C5HF11O3S.K/c6-1(7,2(8,9)4(11,12)13)3(10,5(14,15)16)20(17,18)19;/h(H,17,18,19);/q;+1/p-1. The Balaban J connectivity index is 0. The fourth-order valence-corrected chi connectivity index (χ4v) is 1.58. The Hall–Kier alpha value is 0.776. The minimum absolute atomic E-state index is 0. The Bertz CT molecular complexity index is 479. The molecule has 0 saturated carbocycles. The Morgan fingerprint density at radius 1 is 0.619 bits per heavy atom. The molecule has 0 aromatic carbocycles. The first-order valence-electron chi connectivity index (χ1n) is 3.78. The molecule has 0 heterocycles. The molecule has 0 N–H and O–H groups in total. The van der Waals surface area contributed by atoms with Gasteiger partial charge in [0.05, 0.1) is 0 Å². The second-order valence-electron chi connectivity index (χ2n) is 3.19. The monoisotopic (exact) mass is 388 g/mol. The van der Waals surface area contributed by atoms with E-state index >= 15 is 0 Å². The summed E-state index contributed by atoms with van der Waals surface area (Å²) in [5.41, 5.74) is 0. The molecule has 0 bridgehead atoms. The van der Waals surface area contributed by atoms with Gasteiger partial charge in [0.1, 0.15) is 10.1 Å². The minimum Gasteiger partial charge on any atom is -0.745 e. The molecule has 1 atom stereocenters. The molecule has 0 aliphatic carbocycles. The maximum absolute atomic E-state index is 12.9. The van der Waals surface area contributed by atoms with Crippen LogP contribution in [-0.2, 0) is 10.1 Å². The molecule has 0 spiro atoms. The SMILES string of the molecule is O=S(=O)([O-])C(F)(C(F)(F)F)C(F)(F)C(F)(F)C(F)(F)F.[K+]. The van der Waals surface area contributed by atoms with E-state index in [0.29, 0.717) is 0 Å². The molecular formula is C5F11KO3S. The largest absolute Gasteiger partial charge is 1.00 e. The van der Waals surface area contributed by atoms with Crippen LogP contribution in [0.25, 0.3) is 0 Å². The molecule has 3 nitrogen and oxygen atoms in total. The molecule has 1 unspecified atom stereocenters. The molecule has 0 radical (unpaired) electrons. The summed E-state index contributed by atoms with van der Waals surface area (Å²) in [5, 5.41) is -7.67. The van der Waals surface area contributed by atoms with Crippen molar-refractivity contribution in [1.29, 1.82) is 0 Å². The molecule has 0 fully saturated rings. The van der Waals surface area contributed by atoms with Crippen molar-refractivity contribution in [2.45, 2.75) is 29.2 Å². The van der Waals surface area contributed by atoms with Crippen molar-refractivity contribution >= 4 is 10.1 Å². The van der Waals surface area contributed by atoms with E-state index in [0.717, 1.165) is 0 Å². The Morgan fingerprint density at radius 3 is 1.05 bits per heavy atom. The van der Waals surface area contributed by atoms with Crippen LogP contribution < -0.4 is 51.4 Å². The van der Waals surface area contributed by atoms with Gasteiger partial charge in [-0.3, -0.25) is 0 Å². The maximum atomic E-state index is 12.9.